The lowest BCUT2D eigenvalue weighted by atomic mass is 9.30. The van der Waals surface area contributed by atoms with Crippen molar-refractivity contribution >= 4 is 21.5 Å². The zero-order valence-electron chi connectivity index (χ0n) is 27.9. The molecule has 48 heavy (non-hydrogen) atoms. The van der Waals surface area contributed by atoms with Crippen molar-refractivity contribution < 1.29 is 0 Å². The summed E-state index contributed by atoms with van der Waals surface area (Å²) in [6.45, 7) is 0. The number of hydrogen-bond donors (Lipinski definition) is 0. The predicted molar refractivity (Wildman–Crippen MR) is 197 cm³/mol. The maximum absolute atomic E-state index is 6.08. The SMILES string of the molecule is C#Cc1cc(C#C)c2cccc(C34CC5CC(C3)CC(C36CC7CC(CC(c8cccc9c(C#C)cc(C#C)cc89)(C7)C3)C6)(C5)C4)c2c1. The van der Waals surface area contributed by atoms with Crippen LogP contribution in [-0.2, 0) is 10.8 Å². The minimum absolute atomic E-state index is 0.196. The minimum atomic E-state index is 0.196. The molecule has 0 spiro atoms. The summed E-state index contributed by atoms with van der Waals surface area (Å²) in [5, 5.41) is 5.01. The zero-order chi connectivity index (χ0) is 32.5. The molecule has 0 heteroatoms. The third-order valence-electron chi connectivity index (χ3n) is 15.0. The van der Waals surface area contributed by atoms with Crippen LogP contribution >= 0.6 is 0 Å². The second-order valence-corrected chi connectivity index (χ2v) is 17.5. The van der Waals surface area contributed by atoms with Crippen molar-refractivity contribution in [1.29, 1.82) is 0 Å². The van der Waals surface area contributed by atoms with Crippen molar-refractivity contribution in [1.82, 2.24) is 0 Å². The molecule has 234 valence electrons. The molecule has 0 radical (unpaired) electrons. The van der Waals surface area contributed by atoms with Crippen LogP contribution in [-0.4, -0.2) is 0 Å². The lowest BCUT2D eigenvalue weighted by molar-refractivity contribution is -0.211. The smallest absolute Gasteiger partial charge is 0.0333 e. The molecule has 0 heterocycles. The monoisotopic (exact) mass is 618 g/mol. The van der Waals surface area contributed by atoms with Gasteiger partial charge >= 0.3 is 0 Å². The highest BCUT2D eigenvalue weighted by atomic mass is 14.7. The van der Waals surface area contributed by atoms with E-state index in [0.717, 1.165) is 45.9 Å². The molecule has 8 saturated carbocycles. The summed E-state index contributed by atoms with van der Waals surface area (Å²) in [5.74, 6) is 15.0. The van der Waals surface area contributed by atoms with Gasteiger partial charge in [0.25, 0.3) is 0 Å². The van der Waals surface area contributed by atoms with Crippen molar-refractivity contribution in [3.63, 3.8) is 0 Å². The van der Waals surface area contributed by atoms with E-state index in [4.69, 9.17) is 25.7 Å². The Bertz CT molecular complexity index is 2060. The second-order valence-electron chi connectivity index (χ2n) is 17.5. The second kappa shape index (κ2) is 9.63. The standard InChI is InChI=1S/C48H42/c1-5-31-17-37(7-3)39-11-9-13-43(41(39)19-31)45-21-33-15-34(22-45)26-47(25-33,29-45)48-27-35-16-36(28-48)24-46(23-35,30-48)44-14-10-12-40-38(8-4)18-32(6-2)20-42(40)44/h1-4,9-14,17-20,33-36H,15-16,21-30H2. The van der Waals surface area contributed by atoms with Gasteiger partial charge in [-0.05, 0) is 179 Å². The van der Waals surface area contributed by atoms with Crippen LogP contribution in [0.15, 0.2) is 60.7 Å². The fraction of sp³-hybridized carbons (Fsp3) is 0.417. The van der Waals surface area contributed by atoms with E-state index in [-0.39, 0.29) is 10.8 Å². The number of benzene rings is 4. The van der Waals surface area contributed by atoms with Gasteiger partial charge in [0.1, 0.15) is 0 Å². The van der Waals surface area contributed by atoms with E-state index in [1.54, 1.807) is 0 Å². The Morgan fingerprint density at radius 3 is 1.21 bits per heavy atom. The first-order chi connectivity index (χ1) is 23.3. The number of hydrogen-bond acceptors (Lipinski definition) is 0. The largest absolute Gasteiger partial charge is 0.115 e. The molecule has 0 nitrogen and oxygen atoms in total. The van der Waals surface area contributed by atoms with Gasteiger partial charge in [0.2, 0.25) is 0 Å². The van der Waals surface area contributed by atoms with Crippen LogP contribution < -0.4 is 0 Å². The highest BCUT2D eigenvalue weighted by molar-refractivity contribution is 5.94. The van der Waals surface area contributed by atoms with Gasteiger partial charge in [-0.3, -0.25) is 0 Å². The van der Waals surface area contributed by atoms with Gasteiger partial charge in [-0.2, -0.15) is 0 Å². The molecule has 8 aliphatic rings. The van der Waals surface area contributed by atoms with Crippen molar-refractivity contribution in [2.45, 2.75) is 87.9 Å². The lowest BCUT2D eigenvalue weighted by Gasteiger charge is -2.74. The maximum Gasteiger partial charge on any atom is 0.0333 e. The van der Waals surface area contributed by atoms with E-state index in [9.17, 15) is 0 Å². The number of fused-ring (bicyclic) bond motifs is 2. The van der Waals surface area contributed by atoms with Gasteiger partial charge in [0, 0.05) is 22.3 Å². The average molecular weight is 619 g/mol. The van der Waals surface area contributed by atoms with Crippen LogP contribution in [0, 0.1) is 83.9 Å². The Kier molecular flexibility index (Phi) is 5.74. The Morgan fingerprint density at radius 1 is 0.458 bits per heavy atom. The van der Waals surface area contributed by atoms with Gasteiger partial charge < -0.3 is 0 Å². The molecule has 12 rings (SSSR count). The number of rotatable bonds is 3. The molecule has 4 atom stereocenters. The van der Waals surface area contributed by atoms with Crippen LogP contribution in [0.4, 0.5) is 0 Å². The molecule has 4 aromatic rings. The molecule has 0 N–H and O–H groups in total. The van der Waals surface area contributed by atoms with Crippen LogP contribution in [0.2, 0.25) is 0 Å². The van der Waals surface area contributed by atoms with Crippen LogP contribution in [0.1, 0.15) is 110 Å². The molecular weight excluding hydrogens is 577 g/mol. The maximum atomic E-state index is 6.08. The molecule has 0 aromatic heterocycles. The fourth-order valence-corrected chi connectivity index (χ4v) is 14.5. The average Bonchev–Trinajstić information content (AvgIpc) is 3.08. The lowest BCUT2D eigenvalue weighted by Crippen LogP contribution is -2.66. The quantitative estimate of drug-likeness (QED) is 0.201. The first-order valence-corrected chi connectivity index (χ1v) is 18.3. The van der Waals surface area contributed by atoms with Crippen LogP contribution in [0.3, 0.4) is 0 Å². The van der Waals surface area contributed by atoms with Gasteiger partial charge in [-0.25, -0.2) is 0 Å². The minimum Gasteiger partial charge on any atom is -0.115 e. The summed E-state index contributed by atoms with van der Waals surface area (Å²) in [6.07, 6.45) is 40.6. The molecule has 8 bridgehead atoms. The van der Waals surface area contributed by atoms with Gasteiger partial charge in [0.15, 0.2) is 0 Å². The molecule has 0 amide bonds. The summed E-state index contributed by atoms with van der Waals surface area (Å²) in [6, 6.07) is 22.5. The third kappa shape index (κ3) is 3.68. The Hall–Kier alpha value is -4.36. The first-order valence-electron chi connectivity index (χ1n) is 18.3. The van der Waals surface area contributed by atoms with Crippen molar-refractivity contribution in [2.24, 2.45) is 34.5 Å². The fourth-order valence-electron chi connectivity index (χ4n) is 14.5. The molecule has 8 aliphatic carbocycles. The highest BCUT2D eigenvalue weighted by Crippen LogP contribution is 2.79. The molecule has 0 aliphatic heterocycles. The van der Waals surface area contributed by atoms with E-state index in [1.165, 1.54) is 110 Å². The summed E-state index contributed by atoms with van der Waals surface area (Å²) in [5.41, 5.74) is 7.90. The highest BCUT2D eigenvalue weighted by Gasteiger charge is 2.70. The summed E-state index contributed by atoms with van der Waals surface area (Å²) >= 11 is 0. The molecule has 0 saturated heterocycles. The van der Waals surface area contributed by atoms with E-state index in [0.29, 0.717) is 10.8 Å². The van der Waals surface area contributed by atoms with Gasteiger partial charge in [0.05, 0.1) is 0 Å². The van der Waals surface area contributed by atoms with Crippen LogP contribution in [0.25, 0.3) is 21.5 Å². The first kappa shape index (κ1) is 28.6. The van der Waals surface area contributed by atoms with E-state index >= 15 is 0 Å². The Balaban J connectivity index is 1.13. The molecular formula is C48H42. The Morgan fingerprint density at radius 2 is 0.854 bits per heavy atom. The number of terminal acetylenes is 4. The Labute approximate surface area is 286 Å². The molecule has 4 unspecified atom stereocenters. The van der Waals surface area contributed by atoms with E-state index in [2.05, 4.69) is 72.2 Å². The van der Waals surface area contributed by atoms with E-state index in [1.807, 2.05) is 12.1 Å². The summed E-state index contributed by atoms with van der Waals surface area (Å²) in [7, 11) is 0. The molecule has 8 fully saturated rings. The van der Waals surface area contributed by atoms with Crippen LogP contribution in [0.5, 0.6) is 0 Å². The van der Waals surface area contributed by atoms with Gasteiger partial charge in [-0.15, -0.1) is 25.7 Å². The van der Waals surface area contributed by atoms with Gasteiger partial charge in [-0.1, -0.05) is 60.1 Å². The van der Waals surface area contributed by atoms with E-state index < -0.39 is 0 Å². The third-order valence-corrected chi connectivity index (χ3v) is 15.0. The summed E-state index contributed by atoms with van der Waals surface area (Å²) in [4.78, 5) is 0. The zero-order valence-corrected chi connectivity index (χ0v) is 27.9. The topological polar surface area (TPSA) is 0 Å². The van der Waals surface area contributed by atoms with Crippen molar-refractivity contribution in [3.05, 3.63) is 94.0 Å². The predicted octanol–water partition coefficient (Wildman–Crippen LogP) is 10.3. The summed E-state index contributed by atoms with van der Waals surface area (Å²) < 4.78 is 0. The van der Waals surface area contributed by atoms with Crippen molar-refractivity contribution in [2.75, 3.05) is 0 Å². The normalized spacial score (nSPS) is 36.8. The van der Waals surface area contributed by atoms with Crippen molar-refractivity contribution in [3.8, 4) is 49.4 Å². The molecule has 4 aromatic carbocycles.